The molecular weight excluding hydrogens is 355 g/mol. The van der Waals surface area contributed by atoms with E-state index in [1.165, 1.54) is 49.1 Å². The molecule has 1 amide bonds. The van der Waals surface area contributed by atoms with Crippen LogP contribution in [0.25, 0.3) is 0 Å². The second kappa shape index (κ2) is 8.40. The molecule has 1 aliphatic carbocycles. The van der Waals surface area contributed by atoms with Crippen LogP contribution < -0.4 is 0 Å². The third-order valence-electron chi connectivity index (χ3n) is 4.62. The quantitative estimate of drug-likeness (QED) is 0.739. The average Bonchev–Trinajstić information content (AvgIpc) is 3.15. The summed E-state index contributed by atoms with van der Waals surface area (Å²) in [4.78, 5) is 30.8. The van der Waals surface area contributed by atoms with Gasteiger partial charge in [0.2, 0.25) is 0 Å². The maximum Gasteiger partial charge on any atom is 0.357 e. The van der Waals surface area contributed by atoms with E-state index in [0.717, 1.165) is 25.7 Å². The number of esters is 1. The number of aromatic nitrogens is 1. The van der Waals surface area contributed by atoms with Crippen LogP contribution in [0, 0.1) is 5.82 Å². The number of carbonyl (C=O) groups excluding carboxylic acids is 2. The van der Waals surface area contributed by atoms with Gasteiger partial charge in [-0.25, -0.2) is 14.2 Å². The third kappa shape index (κ3) is 4.27. The molecule has 0 radical (unpaired) electrons. The molecule has 1 aromatic heterocycles. The zero-order chi connectivity index (χ0) is 18.5. The third-order valence-corrected chi connectivity index (χ3v) is 5.45. The minimum absolute atomic E-state index is 0.131. The highest BCUT2D eigenvalue weighted by atomic mass is 32.1. The maximum absolute atomic E-state index is 13.2. The smallest absolute Gasteiger partial charge is 0.357 e. The van der Waals surface area contributed by atoms with Crippen molar-refractivity contribution < 1.29 is 18.7 Å². The molecule has 5 nitrogen and oxygen atoms in total. The number of carbonyl (C=O) groups is 2. The summed E-state index contributed by atoms with van der Waals surface area (Å²) in [5.41, 5.74) is 0.715. The first-order valence-corrected chi connectivity index (χ1v) is 9.55. The molecule has 0 bridgehead atoms. The molecule has 138 valence electrons. The van der Waals surface area contributed by atoms with Crippen LogP contribution >= 0.6 is 11.3 Å². The largest absolute Gasteiger partial charge is 0.464 e. The molecule has 0 N–H and O–H groups in total. The van der Waals surface area contributed by atoms with E-state index in [0.29, 0.717) is 17.1 Å². The van der Waals surface area contributed by atoms with Crippen molar-refractivity contribution in [2.45, 2.75) is 44.7 Å². The van der Waals surface area contributed by atoms with Gasteiger partial charge in [-0.1, -0.05) is 19.3 Å². The van der Waals surface area contributed by atoms with Crippen LogP contribution in [0.5, 0.6) is 0 Å². The second-order valence-corrected chi connectivity index (χ2v) is 7.29. The molecule has 1 aromatic carbocycles. The summed E-state index contributed by atoms with van der Waals surface area (Å²) in [6.07, 6.45) is 5.25. The number of rotatable bonds is 5. The van der Waals surface area contributed by atoms with Crippen molar-refractivity contribution in [1.29, 1.82) is 0 Å². The minimum Gasteiger partial charge on any atom is -0.464 e. The highest BCUT2D eigenvalue weighted by Crippen LogP contribution is 2.26. The summed E-state index contributed by atoms with van der Waals surface area (Å²) in [5.74, 6) is -0.985. The Hall–Kier alpha value is -2.28. The molecule has 0 saturated heterocycles. The number of halogens is 1. The van der Waals surface area contributed by atoms with Gasteiger partial charge < -0.3 is 9.64 Å². The number of benzene rings is 1. The number of methoxy groups -OCH3 is 1. The first-order chi connectivity index (χ1) is 12.6. The van der Waals surface area contributed by atoms with Crippen LogP contribution in [0.3, 0.4) is 0 Å². The fourth-order valence-electron chi connectivity index (χ4n) is 3.25. The van der Waals surface area contributed by atoms with E-state index in [1.54, 1.807) is 5.38 Å². The van der Waals surface area contributed by atoms with Gasteiger partial charge in [-0.3, -0.25) is 4.79 Å². The molecule has 1 aliphatic rings. The Labute approximate surface area is 155 Å². The molecule has 1 fully saturated rings. The molecule has 0 aliphatic heterocycles. The Morgan fingerprint density at radius 3 is 2.58 bits per heavy atom. The van der Waals surface area contributed by atoms with E-state index in [-0.39, 0.29) is 23.5 Å². The molecular formula is C19H21FN2O3S. The van der Waals surface area contributed by atoms with Crippen LogP contribution in [-0.4, -0.2) is 34.9 Å². The Bertz CT molecular complexity index is 769. The van der Waals surface area contributed by atoms with E-state index in [2.05, 4.69) is 9.72 Å². The number of ether oxygens (including phenoxy) is 1. The van der Waals surface area contributed by atoms with E-state index < -0.39 is 5.97 Å². The van der Waals surface area contributed by atoms with Gasteiger partial charge in [-0.2, -0.15) is 0 Å². The van der Waals surface area contributed by atoms with E-state index >= 15 is 0 Å². The van der Waals surface area contributed by atoms with Crippen LogP contribution in [-0.2, 0) is 11.3 Å². The molecule has 0 atom stereocenters. The van der Waals surface area contributed by atoms with Gasteiger partial charge in [0.15, 0.2) is 5.69 Å². The molecule has 2 aromatic rings. The van der Waals surface area contributed by atoms with Crippen LogP contribution in [0.2, 0.25) is 0 Å². The number of nitrogens with zero attached hydrogens (tertiary/aromatic N) is 2. The maximum atomic E-state index is 13.2. The van der Waals surface area contributed by atoms with E-state index in [4.69, 9.17) is 0 Å². The Balaban J connectivity index is 1.83. The fourth-order valence-corrected chi connectivity index (χ4v) is 4.01. The van der Waals surface area contributed by atoms with Crippen molar-refractivity contribution in [3.05, 3.63) is 51.7 Å². The van der Waals surface area contributed by atoms with Gasteiger partial charge in [0.1, 0.15) is 10.8 Å². The van der Waals surface area contributed by atoms with Gasteiger partial charge in [0.05, 0.1) is 13.7 Å². The highest BCUT2D eigenvalue weighted by molar-refractivity contribution is 7.09. The topological polar surface area (TPSA) is 59.5 Å². The monoisotopic (exact) mass is 376 g/mol. The number of hydrogen-bond donors (Lipinski definition) is 0. The summed E-state index contributed by atoms with van der Waals surface area (Å²) < 4.78 is 17.9. The zero-order valence-electron chi connectivity index (χ0n) is 14.6. The van der Waals surface area contributed by atoms with E-state index in [1.807, 2.05) is 4.90 Å². The van der Waals surface area contributed by atoms with Crippen molar-refractivity contribution in [3.8, 4) is 0 Å². The summed E-state index contributed by atoms with van der Waals surface area (Å²) in [6, 6.07) is 5.74. The van der Waals surface area contributed by atoms with Crippen molar-refractivity contribution in [2.75, 3.05) is 7.11 Å². The second-order valence-electron chi connectivity index (χ2n) is 6.35. The summed E-state index contributed by atoms with van der Waals surface area (Å²) in [5, 5.41) is 2.33. The lowest BCUT2D eigenvalue weighted by atomic mass is 9.93. The Morgan fingerprint density at radius 2 is 1.92 bits per heavy atom. The van der Waals surface area contributed by atoms with Crippen molar-refractivity contribution in [1.82, 2.24) is 9.88 Å². The van der Waals surface area contributed by atoms with Crippen molar-refractivity contribution in [3.63, 3.8) is 0 Å². The van der Waals surface area contributed by atoms with Gasteiger partial charge in [-0.05, 0) is 37.1 Å². The molecule has 26 heavy (non-hydrogen) atoms. The standard InChI is InChI=1S/C19H21FN2O3S/c1-25-19(24)16-12-26-17(21-16)11-22(15-5-3-2-4-6-15)18(23)13-7-9-14(20)10-8-13/h7-10,12,15H,2-6,11H2,1H3. The minimum atomic E-state index is -0.485. The number of hydrogen-bond acceptors (Lipinski definition) is 5. The van der Waals surface area contributed by atoms with Gasteiger partial charge in [-0.15, -0.1) is 11.3 Å². The highest BCUT2D eigenvalue weighted by Gasteiger charge is 2.27. The van der Waals surface area contributed by atoms with Crippen molar-refractivity contribution in [2.24, 2.45) is 0 Å². The number of amides is 1. The Morgan fingerprint density at radius 1 is 1.23 bits per heavy atom. The SMILES string of the molecule is COC(=O)c1csc(CN(C(=O)c2ccc(F)cc2)C2CCCCC2)n1. The molecule has 1 heterocycles. The first kappa shape index (κ1) is 18.5. The molecule has 3 rings (SSSR count). The first-order valence-electron chi connectivity index (χ1n) is 8.67. The van der Waals surface area contributed by atoms with Crippen LogP contribution in [0.1, 0.15) is 58.0 Å². The molecule has 7 heteroatoms. The van der Waals surface area contributed by atoms with Crippen molar-refractivity contribution >= 4 is 23.2 Å². The van der Waals surface area contributed by atoms with E-state index in [9.17, 15) is 14.0 Å². The van der Waals surface area contributed by atoms with Crippen LogP contribution in [0.4, 0.5) is 4.39 Å². The molecule has 0 spiro atoms. The molecule has 0 unspecified atom stereocenters. The Kier molecular flexibility index (Phi) is 5.98. The average molecular weight is 376 g/mol. The molecule has 1 saturated carbocycles. The lowest BCUT2D eigenvalue weighted by Crippen LogP contribution is -2.41. The lowest BCUT2D eigenvalue weighted by Gasteiger charge is -2.34. The zero-order valence-corrected chi connectivity index (χ0v) is 15.4. The fraction of sp³-hybridized carbons (Fsp3) is 0.421. The van der Waals surface area contributed by atoms with Gasteiger partial charge in [0.25, 0.3) is 5.91 Å². The summed E-state index contributed by atoms with van der Waals surface area (Å²) in [6.45, 7) is 0.336. The predicted octanol–water partition coefficient (Wildman–Crippen LogP) is 4.04. The predicted molar refractivity (Wildman–Crippen MR) is 96.6 cm³/mol. The summed E-state index contributed by atoms with van der Waals surface area (Å²) >= 11 is 1.33. The summed E-state index contributed by atoms with van der Waals surface area (Å²) in [7, 11) is 1.31. The number of thiazole rings is 1. The van der Waals surface area contributed by atoms with Gasteiger partial charge >= 0.3 is 5.97 Å². The lowest BCUT2D eigenvalue weighted by molar-refractivity contribution is 0.0594. The van der Waals surface area contributed by atoms with Gasteiger partial charge in [0, 0.05) is 17.0 Å². The normalized spacial score (nSPS) is 14.8. The van der Waals surface area contributed by atoms with Crippen LogP contribution in [0.15, 0.2) is 29.6 Å².